The molecule has 0 aromatic heterocycles. The molecule has 0 aliphatic carbocycles. The number of carboxylic acid groups (broad SMARTS) is 1. The number of aromatic carboxylic acids is 1. The van der Waals surface area contributed by atoms with Crippen molar-refractivity contribution in [2.24, 2.45) is 0 Å². The third-order valence-corrected chi connectivity index (χ3v) is 4.19. The van der Waals surface area contributed by atoms with Gasteiger partial charge in [0.2, 0.25) is 5.91 Å². The molecule has 21 heavy (non-hydrogen) atoms. The summed E-state index contributed by atoms with van der Waals surface area (Å²) in [5.41, 5.74) is 0.395. The lowest BCUT2D eigenvalue weighted by atomic mass is 10.2. The topological polar surface area (TPSA) is 69.6 Å². The second-order valence-electron chi connectivity index (χ2n) is 4.77. The zero-order valence-corrected chi connectivity index (χ0v) is 13.8. The van der Waals surface area contributed by atoms with E-state index < -0.39 is 5.97 Å². The van der Waals surface area contributed by atoms with E-state index in [4.69, 9.17) is 16.7 Å². The molecule has 0 saturated heterocycles. The minimum atomic E-state index is -1.06. The van der Waals surface area contributed by atoms with Gasteiger partial charge in [0, 0.05) is 11.8 Å². The molecular formula is C14H19ClN2O3S. The van der Waals surface area contributed by atoms with Crippen LogP contribution in [0, 0.1) is 0 Å². The second kappa shape index (κ2) is 8.26. The van der Waals surface area contributed by atoms with Crippen molar-refractivity contribution in [1.29, 1.82) is 0 Å². The first-order chi connectivity index (χ1) is 9.85. The van der Waals surface area contributed by atoms with Gasteiger partial charge in [0.25, 0.3) is 0 Å². The SMILES string of the molecule is CSCC(C)N(C)CC(=O)Nc1cc(C(=O)O)ccc1Cl. The molecule has 1 aromatic rings. The van der Waals surface area contributed by atoms with Crippen LogP contribution >= 0.6 is 23.4 Å². The Balaban J connectivity index is 2.70. The van der Waals surface area contributed by atoms with E-state index in [9.17, 15) is 9.59 Å². The van der Waals surface area contributed by atoms with Crippen molar-refractivity contribution in [3.63, 3.8) is 0 Å². The molecule has 0 heterocycles. The van der Waals surface area contributed by atoms with Crippen LogP contribution in [0.4, 0.5) is 5.69 Å². The van der Waals surface area contributed by atoms with Gasteiger partial charge in [-0.05, 0) is 38.4 Å². The molecule has 1 rings (SSSR count). The fourth-order valence-corrected chi connectivity index (χ4v) is 2.60. The molecule has 0 fully saturated rings. The van der Waals surface area contributed by atoms with E-state index in [0.717, 1.165) is 5.75 Å². The number of hydrogen-bond donors (Lipinski definition) is 2. The van der Waals surface area contributed by atoms with E-state index in [1.807, 2.05) is 25.1 Å². The molecule has 1 amide bonds. The molecule has 0 radical (unpaired) electrons. The molecule has 1 aromatic carbocycles. The van der Waals surface area contributed by atoms with Crippen molar-refractivity contribution < 1.29 is 14.7 Å². The number of likely N-dealkylation sites (N-methyl/N-ethyl adjacent to an activating group) is 1. The highest BCUT2D eigenvalue weighted by Crippen LogP contribution is 2.23. The van der Waals surface area contributed by atoms with Crippen LogP contribution in [-0.2, 0) is 4.79 Å². The Kier molecular flexibility index (Phi) is 7.01. The minimum Gasteiger partial charge on any atom is -0.478 e. The van der Waals surface area contributed by atoms with Gasteiger partial charge in [-0.2, -0.15) is 11.8 Å². The summed E-state index contributed by atoms with van der Waals surface area (Å²) in [6, 6.07) is 4.48. The fourth-order valence-electron chi connectivity index (χ4n) is 1.69. The van der Waals surface area contributed by atoms with Crippen LogP contribution in [0.1, 0.15) is 17.3 Å². The molecule has 0 saturated carbocycles. The van der Waals surface area contributed by atoms with Crippen LogP contribution in [0.25, 0.3) is 0 Å². The summed E-state index contributed by atoms with van der Waals surface area (Å²) in [6.45, 7) is 2.26. The third kappa shape index (κ3) is 5.57. The van der Waals surface area contributed by atoms with Crippen LogP contribution in [0.2, 0.25) is 5.02 Å². The Bertz CT molecular complexity index is 525. The molecular weight excluding hydrogens is 312 g/mol. The van der Waals surface area contributed by atoms with E-state index in [1.54, 1.807) is 11.8 Å². The van der Waals surface area contributed by atoms with Gasteiger partial charge in [0.05, 0.1) is 22.8 Å². The molecule has 7 heteroatoms. The van der Waals surface area contributed by atoms with E-state index >= 15 is 0 Å². The number of thioether (sulfide) groups is 1. The van der Waals surface area contributed by atoms with Crippen molar-refractivity contribution in [2.45, 2.75) is 13.0 Å². The number of carboxylic acids is 1. The van der Waals surface area contributed by atoms with E-state index in [-0.39, 0.29) is 24.1 Å². The van der Waals surface area contributed by atoms with Gasteiger partial charge in [-0.25, -0.2) is 4.79 Å². The zero-order valence-electron chi connectivity index (χ0n) is 12.2. The highest BCUT2D eigenvalue weighted by molar-refractivity contribution is 7.98. The number of carbonyl (C=O) groups is 2. The summed E-state index contributed by atoms with van der Waals surface area (Å²) in [7, 11) is 1.87. The Morgan fingerprint density at radius 3 is 2.71 bits per heavy atom. The molecule has 2 N–H and O–H groups in total. The molecule has 5 nitrogen and oxygen atoms in total. The number of rotatable bonds is 7. The minimum absolute atomic E-state index is 0.0822. The summed E-state index contributed by atoms with van der Waals surface area (Å²) in [5, 5.41) is 11.9. The van der Waals surface area contributed by atoms with Gasteiger partial charge in [-0.1, -0.05) is 11.6 Å². The number of benzene rings is 1. The smallest absolute Gasteiger partial charge is 0.335 e. The van der Waals surface area contributed by atoms with Crippen LogP contribution in [0.5, 0.6) is 0 Å². The van der Waals surface area contributed by atoms with E-state index in [2.05, 4.69) is 5.32 Å². The lowest BCUT2D eigenvalue weighted by Crippen LogP contribution is -2.37. The van der Waals surface area contributed by atoms with Crippen LogP contribution in [0.3, 0.4) is 0 Å². The predicted octanol–water partition coefficient (Wildman–Crippen LogP) is 2.66. The first-order valence-corrected chi connectivity index (χ1v) is 8.14. The van der Waals surface area contributed by atoms with Crippen molar-refractivity contribution >= 4 is 40.9 Å². The molecule has 0 aliphatic heterocycles. The molecule has 1 atom stereocenters. The largest absolute Gasteiger partial charge is 0.478 e. The van der Waals surface area contributed by atoms with Crippen LogP contribution in [-0.4, -0.2) is 53.5 Å². The quantitative estimate of drug-likeness (QED) is 0.804. The molecule has 0 bridgehead atoms. The van der Waals surface area contributed by atoms with Gasteiger partial charge >= 0.3 is 5.97 Å². The van der Waals surface area contributed by atoms with Crippen LogP contribution < -0.4 is 5.32 Å². The number of carbonyl (C=O) groups excluding carboxylic acids is 1. The average molecular weight is 331 g/mol. The number of halogens is 1. The molecule has 0 aliphatic rings. The number of hydrogen-bond acceptors (Lipinski definition) is 4. The van der Waals surface area contributed by atoms with Crippen molar-refractivity contribution in [2.75, 3.05) is 30.9 Å². The predicted molar refractivity (Wildman–Crippen MR) is 87.5 cm³/mol. The highest BCUT2D eigenvalue weighted by atomic mass is 35.5. The second-order valence-corrected chi connectivity index (χ2v) is 6.09. The van der Waals surface area contributed by atoms with Crippen LogP contribution in [0.15, 0.2) is 18.2 Å². The summed E-state index contributed by atoms with van der Waals surface area (Å²) in [4.78, 5) is 24.9. The summed E-state index contributed by atoms with van der Waals surface area (Å²) in [6.07, 6.45) is 2.02. The molecule has 1 unspecified atom stereocenters. The number of amides is 1. The van der Waals surface area contributed by atoms with E-state index in [1.165, 1.54) is 18.2 Å². The lowest BCUT2D eigenvalue weighted by Gasteiger charge is -2.23. The fraction of sp³-hybridized carbons (Fsp3) is 0.429. The summed E-state index contributed by atoms with van der Waals surface area (Å²) in [5.74, 6) is -0.360. The van der Waals surface area contributed by atoms with Crippen molar-refractivity contribution in [3.05, 3.63) is 28.8 Å². The van der Waals surface area contributed by atoms with Gasteiger partial charge < -0.3 is 10.4 Å². The number of nitrogens with one attached hydrogen (secondary N) is 1. The normalized spacial score (nSPS) is 12.2. The maximum Gasteiger partial charge on any atom is 0.335 e. The Hall–Kier alpha value is -1.24. The molecule has 116 valence electrons. The Morgan fingerprint density at radius 2 is 2.14 bits per heavy atom. The summed E-state index contributed by atoms with van der Waals surface area (Å²) < 4.78 is 0. The zero-order chi connectivity index (χ0) is 16.0. The third-order valence-electron chi connectivity index (χ3n) is 3.04. The first-order valence-electron chi connectivity index (χ1n) is 6.37. The highest BCUT2D eigenvalue weighted by Gasteiger charge is 2.14. The van der Waals surface area contributed by atoms with Gasteiger partial charge in [-0.15, -0.1) is 0 Å². The number of nitrogens with zero attached hydrogens (tertiary/aromatic N) is 1. The first kappa shape index (κ1) is 17.8. The van der Waals surface area contributed by atoms with Crippen molar-refractivity contribution in [1.82, 2.24) is 4.90 Å². The van der Waals surface area contributed by atoms with Crippen molar-refractivity contribution in [3.8, 4) is 0 Å². The maximum atomic E-state index is 12.0. The van der Waals surface area contributed by atoms with Gasteiger partial charge in [0.15, 0.2) is 0 Å². The van der Waals surface area contributed by atoms with Gasteiger partial charge in [0.1, 0.15) is 0 Å². The standard InChI is InChI=1S/C14H19ClN2O3S/c1-9(8-21-3)17(2)7-13(18)16-12-6-10(14(19)20)4-5-11(12)15/h4-6,9H,7-8H2,1-3H3,(H,16,18)(H,19,20). The lowest BCUT2D eigenvalue weighted by molar-refractivity contribution is -0.117. The molecule has 0 spiro atoms. The monoisotopic (exact) mass is 330 g/mol. The number of anilines is 1. The Labute approximate surface area is 133 Å². The van der Waals surface area contributed by atoms with E-state index in [0.29, 0.717) is 10.7 Å². The Morgan fingerprint density at radius 1 is 1.48 bits per heavy atom. The average Bonchev–Trinajstić information content (AvgIpc) is 2.41. The maximum absolute atomic E-state index is 12.0. The summed E-state index contributed by atoms with van der Waals surface area (Å²) >= 11 is 7.69. The van der Waals surface area contributed by atoms with Gasteiger partial charge in [-0.3, -0.25) is 9.69 Å².